The molecule has 140 valence electrons. The van der Waals surface area contributed by atoms with Crippen molar-refractivity contribution in [1.82, 2.24) is 14.6 Å². The van der Waals surface area contributed by atoms with Crippen LogP contribution in [-0.2, 0) is 27.6 Å². The van der Waals surface area contributed by atoms with Gasteiger partial charge in [0.25, 0.3) is 0 Å². The summed E-state index contributed by atoms with van der Waals surface area (Å²) in [5, 5.41) is 3.00. The van der Waals surface area contributed by atoms with E-state index in [1.807, 2.05) is 29.6 Å². The number of ether oxygens (including phenoxy) is 1. The lowest BCUT2D eigenvalue weighted by Crippen LogP contribution is -2.26. The molecular formula is C17H21N3O4S2. The zero-order valence-corrected chi connectivity index (χ0v) is 16.1. The molecule has 1 aromatic heterocycles. The maximum atomic E-state index is 11.4. The summed E-state index contributed by atoms with van der Waals surface area (Å²) >= 11 is 1.58. The highest BCUT2D eigenvalue weighted by atomic mass is 32.2. The molecule has 2 heterocycles. The fraction of sp³-hybridized carbons (Fsp3) is 0.412. The number of amides is 1. The van der Waals surface area contributed by atoms with Crippen LogP contribution in [0.25, 0.3) is 11.3 Å². The van der Waals surface area contributed by atoms with Gasteiger partial charge in [0.2, 0.25) is 10.0 Å². The molecule has 0 spiro atoms. The minimum Gasteiger partial charge on any atom is -0.448 e. The molecule has 0 aliphatic carbocycles. The number of nitrogens with zero attached hydrogens (tertiary/aromatic N) is 2. The standard InChI is InChI=1S/C17H21N3O4S2/c1-26(22,23)18-8-6-13-2-4-14(5-3-13)15-12-25-16(19-15)7-9-20-10-11-24-17(20)21/h2-5,12,18H,6-11H2,1H3. The van der Waals surface area contributed by atoms with Crippen LogP contribution in [0.2, 0.25) is 0 Å². The number of aromatic nitrogens is 1. The highest BCUT2D eigenvalue weighted by molar-refractivity contribution is 7.88. The van der Waals surface area contributed by atoms with Gasteiger partial charge in [-0.3, -0.25) is 0 Å². The lowest BCUT2D eigenvalue weighted by molar-refractivity contribution is 0.159. The van der Waals surface area contributed by atoms with Gasteiger partial charge in [0.05, 0.1) is 23.5 Å². The number of thiazole rings is 1. The van der Waals surface area contributed by atoms with E-state index in [0.29, 0.717) is 32.7 Å². The second kappa shape index (κ2) is 8.15. The number of hydrogen-bond donors (Lipinski definition) is 1. The molecule has 0 radical (unpaired) electrons. The Morgan fingerprint density at radius 3 is 2.69 bits per heavy atom. The lowest BCUT2D eigenvalue weighted by Gasteiger charge is -2.10. The maximum Gasteiger partial charge on any atom is 0.409 e. The predicted octanol–water partition coefficient (Wildman–Crippen LogP) is 1.90. The predicted molar refractivity (Wildman–Crippen MR) is 101 cm³/mol. The second-order valence-electron chi connectivity index (χ2n) is 6.09. The smallest absolute Gasteiger partial charge is 0.409 e. The first-order chi connectivity index (χ1) is 12.4. The highest BCUT2D eigenvalue weighted by Crippen LogP contribution is 2.23. The fourth-order valence-corrected chi connectivity index (χ4v) is 3.91. The van der Waals surface area contributed by atoms with Crippen LogP contribution in [0.15, 0.2) is 29.6 Å². The van der Waals surface area contributed by atoms with E-state index in [1.54, 1.807) is 16.2 Å². The molecule has 1 aliphatic rings. The Balaban J connectivity index is 1.54. The van der Waals surface area contributed by atoms with E-state index in [9.17, 15) is 13.2 Å². The number of sulfonamides is 1. The molecule has 9 heteroatoms. The number of carbonyl (C=O) groups excluding carboxylic acids is 1. The van der Waals surface area contributed by atoms with Gasteiger partial charge in [-0.25, -0.2) is 22.9 Å². The summed E-state index contributed by atoms with van der Waals surface area (Å²) in [6.45, 7) is 2.12. The van der Waals surface area contributed by atoms with Crippen LogP contribution in [0.3, 0.4) is 0 Å². The number of cyclic esters (lactones) is 1. The van der Waals surface area contributed by atoms with Gasteiger partial charge < -0.3 is 9.64 Å². The third-order valence-electron chi connectivity index (χ3n) is 4.02. The molecule has 1 amide bonds. The van der Waals surface area contributed by atoms with Crippen LogP contribution in [0.4, 0.5) is 4.79 Å². The average molecular weight is 396 g/mol. The molecule has 26 heavy (non-hydrogen) atoms. The molecule has 1 saturated heterocycles. The van der Waals surface area contributed by atoms with Gasteiger partial charge in [0.1, 0.15) is 6.61 Å². The van der Waals surface area contributed by atoms with Crippen LogP contribution >= 0.6 is 11.3 Å². The summed E-state index contributed by atoms with van der Waals surface area (Å²) in [5.41, 5.74) is 3.00. The molecule has 1 N–H and O–H groups in total. The molecule has 1 aliphatic heterocycles. The second-order valence-corrected chi connectivity index (χ2v) is 8.87. The summed E-state index contributed by atoms with van der Waals surface area (Å²) in [6, 6.07) is 7.95. The first kappa shape index (κ1) is 18.8. The van der Waals surface area contributed by atoms with Gasteiger partial charge in [-0.1, -0.05) is 24.3 Å². The maximum absolute atomic E-state index is 11.4. The van der Waals surface area contributed by atoms with E-state index in [1.165, 1.54) is 0 Å². The van der Waals surface area contributed by atoms with E-state index >= 15 is 0 Å². The van der Waals surface area contributed by atoms with Gasteiger partial charge >= 0.3 is 6.09 Å². The Morgan fingerprint density at radius 1 is 1.27 bits per heavy atom. The Kier molecular flexibility index (Phi) is 5.90. The lowest BCUT2D eigenvalue weighted by atomic mass is 10.1. The van der Waals surface area contributed by atoms with Crippen molar-refractivity contribution in [2.45, 2.75) is 12.8 Å². The Hall–Kier alpha value is -1.97. The monoisotopic (exact) mass is 395 g/mol. The van der Waals surface area contributed by atoms with Crippen molar-refractivity contribution in [2.24, 2.45) is 0 Å². The van der Waals surface area contributed by atoms with Crippen LogP contribution < -0.4 is 4.72 Å². The summed E-state index contributed by atoms with van der Waals surface area (Å²) in [7, 11) is -3.15. The summed E-state index contributed by atoms with van der Waals surface area (Å²) in [5.74, 6) is 0. The van der Waals surface area contributed by atoms with Gasteiger partial charge in [-0.15, -0.1) is 11.3 Å². The molecule has 7 nitrogen and oxygen atoms in total. The van der Waals surface area contributed by atoms with E-state index < -0.39 is 10.0 Å². The van der Waals surface area contributed by atoms with Crippen molar-refractivity contribution < 1.29 is 17.9 Å². The van der Waals surface area contributed by atoms with Crippen molar-refractivity contribution in [3.8, 4) is 11.3 Å². The van der Waals surface area contributed by atoms with E-state index in [0.717, 1.165) is 34.5 Å². The normalized spacial score (nSPS) is 14.7. The van der Waals surface area contributed by atoms with Crippen molar-refractivity contribution in [3.63, 3.8) is 0 Å². The molecule has 0 unspecified atom stereocenters. The summed E-state index contributed by atoms with van der Waals surface area (Å²) < 4.78 is 29.5. The zero-order valence-electron chi connectivity index (χ0n) is 14.5. The van der Waals surface area contributed by atoms with Crippen molar-refractivity contribution in [3.05, 3.63) is 40.2 Å². The Labute approximate surface area is 157 Å². The molecular weight excluding hydrogens is 374 g/mol. The largest absolute Gasteiger partial charge is 0.448 e. The van der Waals surface area contributed by atoms with Crippen molar-refractivity contribution in [1.29, 1.82) is 0 Å². The molecule has 0 saturated carbocycles. The number of rotatable bonds is 8. The van der Waals surface area contributed by atoms with Crippen molar-refractivity contribution in [2.75, 3.05) is 32.5 Å². The van der Waals surface area contributed by atoms with Crippen LogP contribution in [0.5, 0.6) is 0 Å². The van der Waals surface area contributed by atoms with E-state index in [4.69, 9.17) is 4.74 Å². The van der Waals surface area contributed by atoms with Gasteiger partial charge in [0.15, 0.2) is 0 Å². The van der Waals surface area contributed by atoms with Gasteiger partial charge in [0, 0.05) is 30.5 Å². The van der Waals surface area contributed by atoms with Crippen LogP contribution in [0.1, 0.15) is 10.6 Å². The number of hydrogen-bond acceptors (Lipinski definition) is 6. The quantitative estimate of drug-likeness (QED) is 0.737. The molecule has 1 fully saturated rings. The average Bonchev–Trinajstić information content (AvgIpc) is 3.21. The third-order valence-corrected chi connectivity index (χ3v) is 5.66. The number of carbonyl (C=O) groups is 1. The topological polar surface area (TPSA) is 88.6 Å². The highest BCUT2D eigenvalue weighted by Gasteiger charge is 2.21. The molecule has 3 rings (SSSR count). The van der Waals surface area contributed by atoms with E-state index in [2.05, 4.69) is 9.71 Å². The Bertz CT molecular complexity index is 862. The minimum atomic E-state index is -3.15. The number of benzene rings is 1. The SMILES string of the molecule is CS(=O)(=O)NCCc1ccc(-c2csc(CCN3CCOC3=O)n2)cc1. The Morgan fingerprint density at radius 2 is 2.04 bits per heavy atom. The fourth-order valence-electron chi connectivity index (χ4n) is 2.64. The summed E-state index contributed by atoms with van der Waals surface area (Å²) in [6.07, 6.45) is 2.27. The molecule has 0 bridgehead atoms. The van der Waals surface area contributed by atoms with Crippen LogP contribution in [-0.4, -0.2) is 56.9 Å². The molecule has 0 atom stereocenters. The van der Waals surface area contributed by atoms with Gasteiger partial charge in [-0.05, 0) is 12.0 Å². The zero-order chi connectivity index (χ0) is 18.6. The van der Waals surface area contributed by atoms with Crippen LogP contribution in [0, 0.1) is 0 Å². The van der Waals surface area contributed by atoms with Gasteiger partial charge in [-0.2, -0.15) is 0 Å². The summed E-state index contributed by atoms with van der Waals surface area (Å²) in [4.78, 5) is 17.8. The first-order valence-corrected chi connectivity index (χ1v) is 11.1. The third kappa shape index (κ3) is 5.26. The minimum absolute atomic E-state index is 0.247. The molecule has 1 aromatic carbocycles. The first-order valence-electron chi connectivity index (χ1n) is 8.31. The number of nitrogens with one attached hydrogen (secondary N) is 1. The molecule has 2 aromatic rings. The van der Waals surface area contributed by atoms with E-state index in [-0.39, 0.29) is 6.09 Å². The van der Waals surface area contributed by atoms with Crippen molar-refractivity contribution >= 4 is 27.5 Å².